The fraction of sp³-hybridized carbons (Fsp3) is 0.0714. The monoisotopic (exact) mass is 337 g/mol. The molecule has 0 spiro atoms. The maximum Gasteiger partial charge on any atom is 0.323 e. The van der Waals surface area contributed by atoms with E-state index in [4.69, 9.17) is 11.6 Å². The van der Waals surface area contributed by atoms with Gasteiger partial charge in [0.15, 0.2) is 0 Å². The van der Waals surface area contributed by atoms with E-state index in [2.05, 4.69) is 14.7 Å². The summed E-state index contributed by atoms with van der Waals surface area (Å²) in [7, 11) is -3.77. The Bertz CT molecular complexity index is 1020. The summed E-state index contributed by atoms with van der Waals surface area (Å²) in [5.74, 6) is 0. The van der Waals surface area contributed by atoms with Gasteiger partial charge >= 0.3 is 5.69 Å². The number of H-pyrrole nitrogens is 2. The zero-order chi connectivity index (χ0) is 15.9. The van der Waals surface area contributed by atoms with E-state index in [1.165, 1.54) is 18.2 Å². The summed E-state index contributed by atoms with van der Waals surface area (Å²) in [6, 6.07) is 9.26. The number of anilines is 1. The van der Waals surface area contributed by atoms with Crippen LogP contribution in [0.2, 0.25) is 5.02 Å². The lowest BCUT2D eigenvalue weighted by Crippen LogP contribution is -2.12. The van der Waals surface area contributed by atoms with Crippen molar-refractivity contribution in [2.45, 2.75) is 11.8 Å². The summed E-state index contributed by atoms with van der Waals surface area (Å²) in [6.07, 6.45) is 0. The minimum atomic E-state index is -3.77. The van der Waals surface area contributed by atoms with Crippen LogP contribution in [0.25, 0.3) is 11.0 Å². The highest BCUT2D eigenvalue weighted by Crippen LogP contribution is 2.23. The molecule has 3 N–H and O–H groups in total. The van der Waals surface area contributed by atoms with Crippen molar-refractivity contribution >= 4 is 38.3 Å². The summed E-state index contributed by atoms with van der Waals surface area (Å²) in [5, 5.41) is 0.477. The smallest absolute Gasteiger partial charge is 0.306 e. The molecule has 0 amide bonds. The molecule has 8 heteroatoms. The number of halogens is 1. The maximum atomic E-state index is 12.4. The highest BCUT2D eigenvalue weighted by atomic mass is 35.5. The van der Waals surface area contributed by atoms with Crippen LogP contribution in [0.3, 0.4) is 0 Å². The first kappa shape index (κ1) is 14.7. The number of hydrogen-bond acceptors (Lipinski definition) is 3. The van der Waals surface area contributed by atoms with Crippen molar-refractivity contribution in [3.05, 3.63) is 57.5 Å². The van der Waals surface area contributed by atoms with Crippen molar-refractivity contribution in [2.24, 2.45) is 0 Å². The Morgan fingerprint density at radius 3 is 2.50 bits per heavy atom. The Labute approximate surface area is 131 Å². The molecule has 1 heterocycles. The van der Waals surface area contributed by atoms with Crippen LogP contribution in [0.4, 0.5) is 5.69 Å². The van der Waals surface area contributed by atoms with Gasteiger partial charge in [0.1, 0.15) is 0 Å². The number of imidazole rings is 1. The SMILES string of the molecule is Cc1ccc(NS(=O)(=O)c2ccc3[nH]c(=O)[nH]c3c2)cc1Cl. The number of nitrogens with one attached hydrogen (secondary N) is 3. The first-order chi connectivity index (χ1) is 10.3. The second-order valence-corrected chi connectivity index (χ2v) is 6.95. The van der Waals surface area contributed by atoms with Gasteiger partial charge in [0.2, 0.25) is 0 Å². The van der Waals surface area contributed by atoms with E-state index in [0.717, 1.165) is 5.56 Å². The summed E-state index contributed by atoms with van der Waals surface area (Å²) >= 11 is 5.99. The van der Waals surface area contributed by atoms with Crippen LogP contribution in [0.1, 0.15) is 5.56 Å². The Morgan fingerprint density at radius 2 is 1.77 bits per heavy atom. The molecule has 0 saturated heterocycles. The molecule has 2 aromatic carbocycles. The molecule has 0 atom stereocenters. The van der Waals surface area contributed by atoms with Crippen molar-refractivity contribution in [2.75, 3.05) is 4.72 Å². The molecular formula is C14H12ClN3O3S. The van der Waals surface area contributed by atoms with Gasteiger partial charge in [-0.2, -0.15) is 0 Å². The van der Waals surface area contributed by atoms with E-state index in [-0.39, 0.29) is 10.6 Å². The zero-order valence-corrected chi connectivity index (χ0v) is 13.0. The summed E-state index contributed by atoms with van der Waals surface area (Å²) in [5.41, 5.74) is 1.81. The topological polar surface area (TPSA) is 94.8 Å². The highest BCUT2D eigenvalue weighted by Gasteiger charge is 2.15. The molecular weight excluding hydrogens is 326 g/mol. The van der Waals surface area contributed by atoms with Gasteiger partial charge in [-0.25, -0.2) is 13.2 Å². The van der Waals surface area contributed by atoms with Gasteiger partial charge in [-0.15, -0.1) is 0 Å². The van der Waals surface area contributed by atoms with Gasteiger partial charge in [0, 0.05) is 5.02 Å². The van der Waals surface area contributed by atoms with Crippen molar-refractivity contribution in [1.82, 2.24) is 9.97 Å². The molecule has 0 bridgehead atoms. The number of sulfonamides is 1. The van der Waals surface area contributed by atoms with E-state index in [1.807, 2.05) is 6.92 Å². The zero-order valence-electron chi connectivity index (χ0n) is 11.5. The van der Waals surface area contributed by atoms with Gasteiger partial charge in [0.05, 0.1) is 21.6 Å². The van der Waals surface area contributed by atoms with Crippen molar-refractivity contribution < 1.29 is 8.42 Å². The quantitative estimate of drug-likeness (QED) is 0.685. The number of rotatable bonds is 3. The molecule has 3 aromatic rings. The first-order valence-electron chi connectivity index (χ1n) is 6.36. The van der Waals surface area contributed by atoms with Crippen LogP contribution in [0.15, 0.2) is 46.1 Å². The van der Waals surface area contributed by atoms with Gasteiger partial charge in [0.25, 0.3) is 10.0 Å². The second-order valence-electron chi connectivity index (χ2n) is 4.86. The Hall–Kier alpha value is -2.25. The number of fused-ring (bicyclic) bond motifs is 1. The van der Waals surface area contributed by atoms with Gasteiger partial charge < -0.3 is 9.97 Å². The highest BCUT2D eigenvalue weighted by molar-refractivity contribution is 7.92. The van der Waals surface area contributed by atoms with Crippen molar-refractivity contribution in [3.63, 3.8) is 0 Å². The number of hydrogen-bond donors (Lipinski definition) is 3. The Morgan fingerprint density at radius 1 is 1.05 bits per heavy atom. The molecule has 0 unspecified atom stereocenters. The summed E-state index contributed by atoms with van der Waals surface area (Å²) < 4.78 is 27.2. The molecule has 6 nitrogen and oxygen atoms in total. The largest absolute Gasteiger partial charge is 0.323 e. The van der Waals surface area contributed by atoms with E-state index in [9.17, 15) is 13.2 Å². The van der Waals surface area contributed by atoms with E-state index < -0.39 is 10.0 Å². The van der Waals surface area contributed by atoms with Crippen LogP contribution < -0.4 is 10.4 Å². The molecule has 0 saturated carbocycles. The second kappa shape index (κ2) is 5.19. The molecule has 0 aliphatic heterocycles. The predicted octanol–water partition coefficient (Wildman–Crippen LogP) is 2.62. The van der Waals surface area contributed by atoms with E-state index in [1.54, 1.807) is 18.2 Å². The van der Waals surface area contributed by atoms with Crippen LogP contribution >= 0.6 is 11.6 Å². The average molecular weight is 338 g/mol. The number of aromatic nitrogens is 2. The van der Waals surface area contributed by atoms with Crippen LogP contribution in [0.5, 0.6) is 0 Å². The lowest BCUT2D eigenvalue weighted by atomic mass is 10.2. The minimum absolute atomic E-state index is 0.0481. The fourth-order valence-electron chi connectivity index (χ4n) is 2.05. The Balaban J connectivity index is 1.99. The van der Waals surface area contributed by atoms with E-state index >= 15 is 0 Å². The normalized spacial score (nSPS) is 11.7. The number of benzene rings is 2. The molecule has 0 fully saturated rings. The lowest BCUT2D eigenvalue weighted by molar-refractivity contribution is 0.601. The number of aryl methyl sites for hydroxylation is 1. The summed E-state index contributed by atoms with van der Waals surface area (Å²) in [6.45, 7) is 1.83. The number of aromatic amines is 2. The van der Waals surface area contributed by atoms with Crippen molar-refractivity contribution in [1.29, 1.82) is 0 Å². The minimum Gasteiger partial charge on any atom is -0.306 e. The predicted molar refractivity (Wildman–Crippen MR) is 85.9 cm³/mol. The van der Waals surface area contributed by atoms with E-state index in [0.29, 0.717) is 21.7 Å². The molecule has 3 rings (SSSR count). The summed E-state index contributed by atoms with van der Waals surface area (Å²) in [4.78, 5) is 16.4. The van der Waals surface area contributed by atoms with Crippen LogP contribution in [-0.2, 0) is 10.0 Å². The molecule has 22 heavy (non-hydrogen) atoms. The third-order valence-corrected chi connectivity index (χ3v) is 5.01. The third kappa shape index (κ3) is 2.72. The average Bonchev–Trinajstić information content (AvgIpc) is 2.81. The van der Waals surface area contributed by atoms with Crippen LogP contribution in [-0.4, -0.2) is 18.4 Å². The molecule has 114 valence electrons. The molecule has 0 radical (unpaired) electrons. The maximum absolute atomic E-state index is 12.4. The molecule has 0 aliphatic rings. The van der Waals surface area contributed by atoms with Crippen molar-refractivity contribution in [3.8, 4) is 0 Å². The van der Waals surface area contributed by atoms with Crippen LogP contribution in [0, 0.1) is 6.92 Å². The molecule has 1 aromatic heterocycles. The third-order valence-electron chi connectivity index (χ3n) is 3.22. The van der Waals surface area contributed by atoms with Gasteiger partial charge in [-0.1, -0.05) is 17.7 Å². The van der Waals surface area contributed by atoms with Gasteiger partial charge in [-0.3, -0.25) is 4.72 Å². The fourth-order valence-corrected chi connectivity index (χ4v) is 3.31. The Kier molecular flexibility index (Phi) is 3.46. The molecule has 0 aliphatic carbocycles. The van der Waals surface area contributed by atoms with Gasteiger partial charge in [-0.05, 0) is 42.8 Å². The first-order valence-corrected chi connectivity index (χ1v) is 8.22. The standard InChI is InChI=1S/C14H12ClN3O3S/c1-8-2-3-9(6-11(8)15)18-22(20,21)10-4-5-12-13(7-10)17-14(19)16-12/h2-7,18H,1H3,(H2,16,17,19). The lowest BCUT2D eigenvalue weighted by Gasteiger charge is -2.09.